The van der Waals surface area contributed by atoms with Gasteiger partial charge in [-0.15, -0.1) is 0 Å². The molecule has 1 N–H and O–H groups in total. The van der Waals surface area contributed by atoms with E-state index in [4.69, 9.17) is 4.74 Å². The van der Waals surface area contributed by atoms with Crippen LogP contribution in [0, 0.1) is 5.82 Å². The number of hydrogen-bond donors (Lipinski definition) is 1. The normalized spacial score (nSPS) is 17.0. The van der Waals surface area contributed by atoms with Crippen LogP contribution in [0.25, 0.3) is 0 Å². The smallest absolute Gasteiger partial charge is 0.267 e. The molecule has 1 atom stereocenters. The summed E-state index contributed by atoms with van der Waals surface area (Å²) in [6.07, 6.45) is 1.72. The Labute approximate surface area is 154 Å². The van der Waals surface area contributed by atoms with Crippen LogP contribution in [0.1, 0.15) is 12.8 Å². The number of ether oxygens (including phenoxy) is 1. The first kappa shape index (κ1) is 19.2. The Morgan fingerprint density at radius 3 is 2.85 bits per heavy atom. The Morgan fingerprint density at radius 1 is 1.33 bits per heavy atom. The molecule has 1 unspecified atom stereocenters. The van der Waals surface area contributed by atoms with Crippen LogP contribution in [0.5, 0.6) is 0 Å². The second-order valence-corrected chi connectivity index (χ2v) is 7.96. The second-order valence-electron chi connectivity index (χ2n) is 6.07. The van der Waals surface area contributed by atoms with Gasteiger partial charge in [0.05, 0.1) is 11.0 Å². The maximum atomic E-state index is 13.3. The second kappa shape index (κ2) is 7.97. The summed E-state index contributed by atoms with van der Waals surface area (Å²) >= 11 is 0. The van der Waals surface area contributed by atoms with Gasteiger partial charge in [0, 0.05) is 19.2 Å². The molecule has 1 amide bonds. The molecule has 0 saturated carbocycles. The summed E-state index contributed by atoms with van der Waals surface area (Å²) in [7, 11) is -4.12. The maximum absolute atomic E-state index is 13.3. The molecular formula is C17H18FN3O5S. The third-order valence-corrected chi connectivity index (χ3v) is 5.71. The number of benzene rings is 1. The van der Waals surface area contributed by atoms with Gasteiger partial charge in [0.2, 0.25) is 15.7 Å². The number of carbonyl (C=O) groups excluding carboxylic acids is 1. The van der Waals surface area contributed by atoms with Crippen LogP contribution in [-0.2, 0) is 25.9 Å². The van der Waals surface area contributed by atoms with Gasteiger partial charge >= 0.3 is 0 Å². The quantitative estimate of drug-likeness (QED) is 0.764. The van der Waals surface area contributed by atoms with Crippen LogP contribution in [-0.4, -0.2) is 43.4 Å². The van der Waals surface area contributed by atoms with Crippen molar-refractivity contribution in [2.75, 3.05) is 13.2 Å². The topological polar surface area (TPSA) is 107 Å². The van der Waals surface area contributed by atoms with E-state index in [-0.39, 0.29) is 11.0 Å². The predicted octanol–water partition coefficient (Wildman–Crippen LogP) is 0.510. The monoisotopic (exact) mass is 395 g/mol. The number of nitrogens with zero attached hydrogens (tertiary/aromatic N) is 2. The lowest BCUT2D eigenvalue weighted by atomic mass is 10.2. The van der Waals surface area contributed by atoms with Crippen LogP contribution >= 0.6 is 0 Å². The third kappa shape index (κ3) is 4.58. The Bertz CT molecular complexity index is 1000. The van der Waals surface area contributed by atoms with Gasteiger partial charge in [0.1, 0.15) is 12.4 Å². The summed E-state index contributed by atoms with van der Waals surface area (Å²) in [5.74, 6) is -1.20. The number of rotatable bonds is 6. The summed E-state index contributed by atoms with van der Waals surface area (Å²) < 4.78 is 44.6. The molecule has 144 valence electrons. The van der Waals surface area contributed by atoms with Gasteiger partial charge < -0.3 is 10.1 Å². The first-order valence-corrected chi connectivity index (χ1v) is 9.82. The van der Waals surface area contributed by atoms with Crippen LogP contribution in [0.4, 0.5) is 4.39 Å². The van der Waals surface area contributed by atoms with Crippen molar-refractivity contribution in [1.82, 2.24) is 15.1 Å². The number of carbonyl (C=O) groups is 1. The maximum Gasteiger partial charge on any atom is 0.267 e. The van der Waals surface area contributed by atoms with Crippen LogP contribution in [0.3, 0.4) is 0 Å². The van der Waals surface area contributed by atoms with Gasteiger partial charge in [0.15, 0.2) is 5.03 Å². The lowest BCUT2D eigenvalue weighted by Crippen LogP contribution is -2.37. The highest BCUT2D eigenvalue weighted by Crippen LogP contribution is 2.18. The number of sulfone groups is 1. The molecule has 10 heteroatoms. The molecule has 2 aromatic rings. The van der Waals surface area contributed by atoms with E-state index in [0.717, 1.165) is 41.8 Å². The zero-order chi connectivity index (χ0) is 19.4. The van der Waals surface area contributed by atoms with Crippen LogP contribution in [0.15, 0.2) is 51.1 Å². The lowest BCUT2D eigenvalue weighted by molar-refractivity contribution is -0.122. The van der Waals surface area contributed by atoms with Gasteiger partial charge in [0.25, 0.3) is 5.56 Å². The average molecular weight is 395 g/mol. The van der Waals surface area contributed by atoms with Gasteiger partial charge in [-0.05, 0) is 37.1 Å². The van der Waals surface area contributed by atoms with E-state index in [1.54, 1.807) is 0 Å². The predicted molar refractivity (Wildman–Crippen MR) is 92.3 cm³/mol. The van der Waals surface area contributed by atoms with E-state index >= 15 is 0 Å². The van der Waals surface area contributed by atoms with Crippen LogP contribution < -0.4 is 10.9 Å². The highest BCUT2D eigenvalue weighted by Gasteiger charge is 2.22. The number of aromatic nitrogens is 2. The Morgan fingerprint density at radius 2 is 2.15 bits per heavy atom. The largest absolute Gasteiger partial charge is 0.376 e. The summed E-state index contributed by atoms with van der Waals surface area (Å²) in [5, 5.41) is 5.96. The molecule has 1 saturated heterocycles. The fourth-order valence-electron chi connectivity index (χ4n) is 2.67. The van der Waals surface area contributed by atoms with Gasteiger partial charge in [-0.25, -0.2) is 17.5 Å². The zero-order valence-corrected chi connectivity index (χ0v) is 15.1. The fraction of sp³-hybridized carbons (Fsp3) is 0.353. The molecule has 1 aromatic heterocycles. The molecule has 1 aliphatic heterocycles. The first-order chi connectivity index (χ1) is 12.9. The van der Waals surface area contributed by atoms with E-state index in [2.05, 4.69) is 10.4 Å². The van der Waals surface area contributed by atoms with Gasteiger partial charge in [-0.3, -0.25) is 9.59 Å². The lowest BCUT2D eigenvalue weighted by Gasteiger charge is -2.11. The van der Waals surface area contributed by atoms with Crippen molar-refractivity contribution in [3.8, 4) is 0 Å². The summed E-state index contributed by atoms with van der Waals surface area (Å²) in [6, 6.07) is 6.50. The fourth-order valence-corrected chi connectivity index (χ4v) is 3.89. The molecule has 1 aliphatic rings. The highest BCUT2D eigenvalue weighted by atomic mass is 32.2. The highest BCUT2D eigenvalue weighted by molar-refractivity contribution is 7.91. The number of amides is 1. The number of hydrogen-bond acceptors (Lipinski definition) is 6. The van der Waals surface area contributed by atoms with Crippen molar-refractivity contribution < 1.29 is 22.3 Å². The molecule has 2 heterocycles. The molecule has 0 aliphatic carbocycles. The minimum absolute atomic E-state index is 0.0571. The molecule has 1 aromatic carbocycles. The molecule has 0 bridgehead atoms. The minimum atomic E-state index is -4.12. The standard InChI is InChI=1S/C17H18FN3O5S/c18-12-3-1-5-14(9-12)27(24,25)16-6-7-17(23)21(20-16)11-15(22)19-10-13-4-2-8-26-13/h1,3,5-7,9,13H,2,4,8,10-11H2,(H,19,22). The number of halogens is 1. The Balaban J connectivity index is 1.77. The molecule has 0 spiro atoms. The van der Waals surface area contributed by atoms with Crippen molar-refractivity contribution in [1.29, 1.82) is 0 Å². The molecule has 8 nitrogen and oxygen atoms in total. The van der Waals surface area contributed by atoms with Crippen molar-refractivity contribution >= 4 is 15.7 Å². The summed E-state index contributed by atoms with van der Waals surface area (Å²) in [6.45, 7) is 0.536. The molecule has 27 heavy (non-hydrogen) atoms. The van der Waals surface area contributed by atoms with E-state index in [1.165, 1.54) is 12.1 Å². The molecule has 0 radical (unpaired) electrons. The van der Waals surface area contributed by atoms with E-state index < -0.39 is 38.7 Å². The summed E-state index contributed by atoms with van der Waals surface area (Å²) in [5.41, 5.74) is -0.625. The SMILES string of the molecule is O=C(Cn1nc(S(=O)(=O)c2cccc(F)c2)ccc1=O)NCC1CCCO1. The van der Waals surface area contributed by atoms with E-state index in [0.29, 0.717) is 13.2 Å². The Kier molecular flexibility index (Phi) is 5.66. The van der Waals surface area contributed by atoms with Crippen molar-refractivity contribution in [2.24, 2.45) is 0 Å². The van der Waals surface area contributed by atoms with Crippen LogP contribution in [0.2, 0.25) is 0 Å². The van der Waals surface area contributed by atoms with Crippen molar-refractivity contribution in [2.45, 2.75) is 35.4 Å². The van der Waals surface area contributed by atoms with Gasteiger partial charge in [-0.1, -0.05) is 6.07 Å². The third-order valence-electron chi connectivity index (χ3n) is 4.07. The zero-order valence-electron chi connectivity index (χ0n) is 14.3. The van der Waals surface area contributed by atoms with Crippen molar-refractivity contribution in [3.63, 3.8) is 0 Å². The molecule has 3 rings (SSSR count). The number of nitrogens with one attached hydrogen (secondary N) is 1. The first-order valence-electron chi connectivity index (χ1n) is 8.33. The van der Waals surface area contributed by atoms with E-state index in [1.807, 2.05) is 0 Å². The summed E-state index contributed by atoms with van der Waals surface area (Å²) in [4.78, 5) is 23.7. The van der Waals surface area contributed by atoms with E-state index in [9.17, 15) is 22.4 Å². The average Bonchev–Trinajstić information content (AvgIpc) is 3.15. The Hall–Kier alpha value is -2.59. The van der Waals surface area contributed by atoms with Gasteiger partial charge in [-0.2, -0.15) is 5.10 Å². The molecular weight excluding hydrogens is 377 g/mol. The minimum Gasteiger partial charge on any atom is -0.376 e. The molecule has 1 fully saturated rings. The van der Waals surface area contributed by atoms with Crippen molar-refractivity contribution in [3.05, 3.63) is 52.6 Å².